The molecule has 2 aromatic rings. The number of hydrogen-bond acceptors (Lipinski definition) is 3. The minimum absolute atomic E-state index is 0.0000142. The van der Waals surface area contributed by atoms with Gasteiger partial charge in [-0.15, -0.1) is 0 Å². The Morgan fingerprint density at radius 1 is 1.14 bits per heavy atom. The summed E-state index contributed by atoms with van der Waals surface area (Å²) in [6.45, 7) is 0.712. The van der Waals surface area contributed by atoms with E-state index in [4.69, 9.17) is 0 Å². The number of aromatic nitrogens is 2. The third-order valence-electron chi connectivity index (χ3n) is 3.85. The molecule has 1 amide bonds. The van der Waals surface area contributed by atoms with E-state index in [1.165, 1.54) is 24.5 Å². The third-order valence-corrected chi connectivity index (χ3v) is 3.85. The zero-order chi connectivity index (χ0) is 14.7. The van der Waals surface area contributed by atoms with Crippen molar-refractivity contribution in [3.05, 3.63) is 59.7 Å². The van der Waals surface area contributed by atoms with Crippen LogP contribution in [0.25, 0.3) is 0 Å². The first-order chi connectivity index (χ1) is 10.3. The minimum atomic E-state index is -0.259. The Labute approximate surface area is 122 Å². The molecule has 1 aliphatic rings. The van der Waals surface area contributed by atoms with Crippen molar-refractivity contribution in [2.45, 2.75) is 25.3 Å². The van der Waals surface area contributed by atoms with Crippen molar-refractivity contribution in [3.8, 4) is 0 Å². The summed E-state index contributed by atoms with van der Waals surface area (Å²) in [5.74, 6) is -0.301. The second-order valence-electron chi connectivity index (χ2n) is 5.19. The lowest BCUT2D eigenvalue weighted by atomic mass is 9.94. The Bertz CT molecular complexity index is 615. The fraction of sp³-hybridized carbons (Fsp3) is 0.312. The van der Waals surface area contributed by atoms with E-state index in [0.29, 0.717) is 12.1 Å². The number of carbonyl (C=O) groups excluding carboxylic acids is 1. The zero-order valence-electron chi connectivity index (χ0n) is 11.6. The smallest absolute Gasteiger partial charge is 0.256 e. The molecule has 0 bridgehead atoms. The van der Waals surface area contributed by atoms with E-state index in [1.54, 1.807) is 18.2 Å². The van der Waals surface area contributed by atoms with Crippen LogP contribution in [-0.2, 0) is 0 Å². The molecule has 1 aliphatic heterocycles. The van der Waals surface area contributed by atoms with E-state index in [0.717, 1.165) is 24.8 Å². The Morgan fingerprint density at radius 2 is 1.95 bits per heavy atom. The van der Waals surface area contributed by atoms with Crippen molar-refractivity contribution in [1.29, 1.82) is 0 Å². The normalized spacial score (nSPS) is 18.5. The molecular weight excluding hydrogens is 269 g/mol. The van der Waals surface area contributed by atoms with Crippen molar-refractivity contribution < 1.29 is 9.18 Å². The number of likely N-dealkylation sites (tertiary alicyclic amines) is 1. The summed E-state index contributed by atoms with van der Waals surface area (Å²) < 4.78 is 13.1. The van der Waals surface area contributed by atoms with Gasteiger partial charge in [-0.25, -0.2) is 4.39 Å². The van der Waals surface area contributed by atoms with Gasteiger partial charge >= 0.3 is 0 Å². The second kappa shape index (κ2) is 5.99. The van der Waals surface area contributed by atoms with Crippen LogP contribution in [0.4, 0.5) is 4.39 Å². The molecule has 5 heteroatoms. The maximum absolute atomic E-state index is 13.1. The van der Waals surface area contributed by atoms with Crippen LogP contribution in [0.3, 0.4) is 0 Å². The molecule has 1 saturated heterocycles. The second-order valence-corrected chi connectivity index (χ2v) is 5.19. The zero-order valence-corrected chi connectivity index (χ0v) is 11.6. The topological polar surface area (TPSA) is 46.1 Å². The molecule has 108 valence electrons. The van der Waals surface area contributed by atoms with Gasteiger partial charge in [-0.05, 0) is 43.0 Å². The van der Waals surface area contributed by atoms with Crippen LogP contribution >= 0.6 is 0 Å². The first-order valence-electron chi connectivity index (χ1n) is 7.09. The number of amides is 1. The lowest BCUT2D eigenvalue weighted by molar-refractivity contribution is 0.0611. The fourth-order valence-corrected chi connectivity index (χ4v) is 2.79. The van der Waals surface area contributed by atoms with Crippen LogP contribution in [0, 0.1) is 5.82 Å². The summed E-state index contributed by atoms with van der Waals surface area (Å²) in [7, 11) is 0. The summed E-state index contributed by atoms with van der Waals surface area (Å²) in [5, 5.41) is 7.46. The largest absolute Gasteiger partial charge is 0.332 e. The van der Waals surface area contributed by atoms with Crippen molar-refractivity contribution >= 4 is 5.91 Å². The van der Waals surface area contributed by atoms with Gasteiger partial charge in [-0.1, -0.05) is 12.1 Å². The summed E-state index contributed by atoms with van der Waals surface area (Å²) in [6.07, 6.45) is 5.96. The molecule has 1 fully saturated rings. The van der Waals surface area contributed by atoms with Gasteiger partial charge in [0.25, 0.3) is 5.91 Å². The molecule has 21 heavy (non-hydrogen) atoms. The Balaban J connectivity index is 1.88. The number of carbonyl (C=O) groups is 1. The minimum Gasteiger partial charge on any atom is -0.332 e. The monoisotopic (exact) mass is 285 g/mol. The van der Waals surface area contributed by atoms with Crippen LogP contribution in [0.1, 0.15) is 41.2 Å². The van der Waals surface area contributed by atoms with Gasteiger partial charge in [0, 0.05) is 6.54 Å². The summed E-state index contributed by atoms with van der Waals surface area (Å²) in [5.41, 5.74) is 1.52. The maximum Gasteiger partial charge on any atom is 0.256 e. The Hall–Kier alpha value is -2.30. The van der Waals surface area contributed by atoms with Gasteiger partial charge in [0.05, 0.1) is 24.0 Å². The molecule has 2 heterocycles. The third kappa shape index (κ3) is 2.91. The molecule has 0 aliphatic carbocycles. The SMILES string of the molecule is O=C(c1ccnnc1)N1CCCC[C@@H]1c1ccc(F)cc1. The maximum atomic E-state index is 13.1. The average Bonchev–Trinajstić information content (AvgIpc) is 2.56. The summed E-state index contributed by atoms with van der Waals surface area (Å²) in [4.78, 5) is 14.5. The number of piperidine rings is 1. The lowest BCUT2D eigenvalue weighted by Gasteiger charge is -2.36. The highest BCUT2D eigenvalue weighted by Gasteiger charge is 2.28. The highest BCUT2D eigenvalue weighted by Crippen LogP contribution is 2.32. The molecule has 3 rings (SSSR count). The van der Waals surface area contributed by atoms with E-state index < -0.39 is 0 Å². The first-order valence-corrected chi connectivity index (χ1v) is 7.09. The van der Waals surface area contributed by atoms with E-state index in [1.807, 2.05) is 4.90 Å². The van der Waals surface area contributed by atoms with Crippen molar-refractivity contribution in [2.75, 3.05) is 6.54 Å². The Morgan fingerprint density at radius 3 is 2.67 bits per heavy atom. The summed E-state index contributed by atoms with van der Waals surface area (Å²) >= 11 is 0. The van der Waals surface area contributed by atoms with Gasteiger partial charge in [0.15, 0.2) is 0 Å². The molecule has 0 unspecified atom stereocenters. The predicted molar refractivity (Wildman–Crippen MR) is 76.1 cm³/mol. The molecular formula is C16H16FN3O. The lowest BCUT2D eigenvalue weighted by Crippen LogP contribution is -2.38. The molecule has 4 nitrogen and oxygen atoms in total. The van der Waals surface area contributed by atoms with E-state index in [9.17, 15) is 9.18 Å². The van der Waals surface area contributed by atoms with E-state index in [2.05, 4.69) is 10.2 Å². The molecule has 1 aromatic carbocycles. The van der Waals surface area contributed by atoms with Gasteiger partial charge in [0.2, 0.25) is 0 Å². The van der Waals surface area contributed by atoms with Crippen molar-refractivity contribution in [2.24, 2.45) is 0 Å². The number of rotatable bonds is 2. The Kier molecular flexibility index (Phi) is 3.90. The number of hydrogen-bond donors (Lipinski definition) is 0. The van der Waals surface area contributed by atoms with Gasteiger partial charge in [-0.2, -0.15) is 10.2 Å². The van der Waals surface area contributed by atoms with E-state index >= 15 is 0 Å². The van der Waals surface area contributed by atoms with Crippen LogP contribution in [0.5, 0.6) is 0 Å². The predicted octanol–water partition coefficient (Wildman–Crippen LogP) is 2.98. The summed E-state index contributed by atoms with van der Waals surface area (Å²) in [6, 6.07) is 8.08. The van der Waals surface area contributed by atoms with E-state index in [-0.39, 0.29) is 17.8 Å². The molecule has 1 aromatic heterocycles. The van der Waals surface area contributed by atoms with Crippen LogP contribution < -0.4 is 0 Å². The molecule has 0 saturated carbocycles. The highest BCUT2D eigenvalue weighted by atomic mass is 19.1. The highest BCUT2D eigenvalue weighted by molar-refractivity contribution is 5.94. The van der Waals surface area contributed by atoms with Gasteiger partial charge in [-0.3, -0.25) is 4.79 Å². The van der Waals surface area contributed by atoms with Crippen molar-refractivity contribution in [1.82, 2.24) is 15.1 Å². The van der Waals surface area contributed by atoms with Gasteiger partial charge in [0.1, 0.15) is 5.82 Å². The van der Waals surface area contributed by atoms with Crippen LogP contribution in [0.2, 0.25) is 0 Å². The molecule has 0 N–H and O–H groups in total. The van der Waals surface area contributed by atoms with Gasteiger partial charge < -0.3 is 4.90 Å². The fourth-order valence-electron chi connectivity index (χ4n) is 2.79. The average molecular weight is 285 g/mol. The number of benzene rings is 1. The number of nitrogens with zero attached hydrogens (tertiary/aromatic N) is 3. The first kappa shape index (κ1) is 13.7. The number of halogens is 1. The quantitative estimate of drug-likeness (QED) is 0.852. The molecule has 0 radical (unpaired) electrons. The van der Waals surface area contributed by atoms with Crippen LogP contribution in [-0.4, -0.2) is 27.5 Å². The molecule has 0 spiro atoms. The van der Waals surface area contributed by atoms with Crippen molar-refractivity contribution in [3.63, 3.8) is 0 Å². The molecule has 1 atom stereocenters. The van der Waals surface area contributed by atoms with Crippen LogP contribution in [0.15, 0.2) is 42.7 Å². The standard InChI is InChI=1S/C16H16FN3O/c17-14-6-4-12(5-7-14)15-3-1-2-10-20(15)16(21)13-8-9-18-19-11-13/h4-9,11,15H,1-3,10H2/t15-/m1/s1.